The lowest BCUT2D eigenvalue weighted by molar-refractivity contribution is 0.0697. The van der Waals surface area contributed by atoms with Crippen LogP contribution in [0.3, 0.4) is 0 Å². The fourth-order valence-electron chi connectivity index (χ4n) is 3.77. The predicted molar refractivity (Wildman–Crippen MR) is 94.2 cm³/mol. The van der Waals surface area contributed by atoms with Gasteiger partial charge in [-0.05, 0) is 43.2 Å². The summed E-state index contributed by atoms with van der Waals surface area (Å²) in [6.45, 7) is 0. The van der Waals surface area contributed by atoms with E-state index in [4.69, 9.17) is 0 Å². The van der Waals surface area contributed by atoms with Crippen molar-refractivity contribution in [2.75, 3.05) is 0 Å². The Morgan fingerprint density at radius 1 is 1.12 bits per heavy atom. The minimum absolute atomic E-state index is 0.195. The fraction of sp³-hybridized carbons (Fsp3) is 0.300. The predicted octanol–water partition coefficient (Wildman–Crippen LogP) is 5.05. The smallest absolute Gasteiger partial charge is 0.335 e. The molecule has 0 saturated heterocycles. The molecular formula is C20H19FN2O2. The Balaban J connectivity index is 1.96. The lowest BCUT2D eigenvalue weighted by atomic mass is 9.94. The first-order valence-corrected chi connectivity index (χ1v) is 8.65. The van der Waals surface area contributed by atoms with Crippen molar-refractivity contribution in [3.63, 3.8) is 0 Å². The third-order valence-corrected chi connectivity index (χ3v) is 4.99. The number of carboxylic acids is 1. The van der Waals surface area contributed by atoms with Gasteiger partial charge < -0.3 is 9.67 Å². The molecule has 4 rings (SSSR count). The zero-order valence-corrected chi connectivity index (χ0v) is 13.8. The largest absolute Gasteiger partial charge is 0.478 e. The quantitative estimate of drug-likeness (QED) is 0.727. The minimum Gasteiger partial charge on any atom is -0.478 e. The molecule has 1 heterocycles. The van der Waals surface area contributed by atoms with Crippen LogP contribution in [0, 0.1) is 5.82 Å². The Labute approximate surface area is 144 Å². The number of hydrogen-bond donors (Lipinski definition) is 1. The number of halogens is 1. The third-order valence-electron chi connectivity index (χ3n) is 4.99. The molecule has 1 N–H and O–H groups in total. The summed E-state index contributed by atoms with van der Waals surface area (Å²) >= 11 is 0. The summed E-state index contributed by atoms with van der Waals surface area (Å²) in [5.74, 6) is -0.711. The molecule has 0 aliphatic heterocycles. The number of fused-ring (bicyclic) bond motifs is 1. The summed E-state index contributed by atoms with van der Waals surface area (Å²) in [6, 6.07) is 11.9. The van der Waals surface area contributed by atoms with E-state index >= 15 is 0 Å². The first-order chi connectivity index (χ1) is 12.1. The lowest BCUT2D eigenvalue weighted by Crippen LogP contribution is -2.14. The van der Waals surface area contributed by atoms with Gasteiger partial charge in [0.15, 0.2) is 0 Å². The Hall–Kier alpha value is -2.69. The second-order valence-electron chi connectivity index (χ2n) is 6.59. The zero-order chi connectivity index (χ0) is 17.4. The second-order valence-corrected chi connectivity index (χ2v) is 6.59. The molecule has 0 radical (unpaired) electrons. The molecule has 0 atom stereocenters. The van der Waals surface area contributed by atoms with E-state index in [0.717, 1.165) is 31.2 Å². The van der Waals surface area contributed by atoms with Gasteiger partial charge in [0, 0.05) is 6.04 Å². The van der Waals surface area contributed by atoms with Crippen molar-refractivity contribution >= 4 is 17.0 Å². The SMILES string of the molecule is O=C(O)c1ccc2c(c1)nc(-c1ccccc1F)n2C1CCCCC1. The Morgan fingerprint density at radius 2 is 1.88 bits per heavy atom. The van der Waals surface area contributed by atoms with Crippen LogP contribution in [-0.2, 0) is 0 Å². The van der Waals surface area contributed by atoms with Crippen molar-refractivity contribution in [1.82, 2.24) is 9.55 Å². The van der Waals surface area contributed by atoms with Crippen molar-refractivity contribution in [1.29, 1.82) is 0 Å². The van der Waals surface area contributed by atoms with Crippen molar-refractivity contribution in [2.45, 2.75) is 38.1 Å². The van der Waals surface area contributed by atoms with E-state index in [1.54, 1.807) is 36.4 Å². The molecule has 2 aromatic carbocycles. The van der Waals surface area contributed by atoms with Gasteiger partial charge in [-0.15, -0.1) is 0 Å². The number of carbonyl (C=O) groups is 1. The van der Waals surface area contributed by atoms with Gasteiger partial charge >= 0.3 is 5.97 Å². The Kier molecular flexibility index (Phi) is 3.99. The highest BCUT2D eigenvalue weighted by Crippen LogP contribution is 2.36. The molecule has 128 valence electrons. The fourth-order valence-corrected chi connectivity index (χ4v) is 3.77. The highest BCUT2D eigenvalue weighted by molar-refractivity contribution is 5.93. The van der Waals surface area contributed by atoms with Crippen LogP contribution < -0.4 is 0 Å². The topological polar surface area (TPSA) is 55.1 Å². The number of hydrogen-bond acceptors (Lipinski definition) is 2. The number of rotatable bonds is 3. The van der Waals surface area contributed by atoms with Gasteiger partial charge in [-0.1, -0.05) is 31.4 Å². The van der Waals surface area contributed by atoms with Crippen molar-refractivity contribution in [2.24, 2.45) is 0 Å². The van der Waals surface area contributed by atoms with E-state index in [9.17, 15) is 14.3 Å². The Bertz CT molecular complexity index is 942. The Morgan fingerprint density at radius 3 is 2.60 bits per heavy atom. The van der Waals surface area contributed by atoms with Crippen molar-refractivity contribution in [3.05, 3.63) is 53.8 Å². The maximum atomic E-state index is 14.4. The number of benzene rings is 2. The number of imidazole rings is 1. The van der Waals surface area contributed by atoms with E-state index in [0.29, 0.717) is 16.9 Å². The summed E-state index contributed by atoms with van der Waals surface area (Å²) < 4.78 is 16.5. The molecule has 0 amide bonds. The summed E-state index contributed by atoms with van der Waals surface area (Å²) in [5, 5.41) is 9.24. The normalized spacial score (nSPS) is 15.6. The number of nitrogens with zero attached hydrogens (tertiary/aromatic N) is 2. The van der Waals surface area contributed by atoms with Crippen molar-refractivity contribution in [3.8, 4) is 11.4 Å². The van der Waals surface area contributed by atoms with Gasteiger partial charge in [0.2, 0.25) is 0 Å². The van der Waals surface area contributed by atoms with Gasteiger partial charge in [-0.2, -0.15) is 0 Å². The highest BCUT2D eigenvalue weighted by Gasteiger charge is 2.24. The van der Waals surface area contributed by atoms with E-state index in [1.807, 2.05) is 0 Å². The van der Waals surface area contributed by atoms with Gasteiger partial charge in [-0.3, -0.25) is 0 Å². The summed E-state index contributed by atoms with van der Waals surface area (Å²) in [4.78, 5) is 15.9. The van der Waals surface area contributed by atoms with E-state index in [-0.39, 0.29) is 17.4 Å². The molecular weight excluding hydrogens is 319 g/mol. The molecule has 0 spiro atoms. The zero-order valence-electron chi connectivity index (χ0n) is 13.8. The maximum absolute atomic E-state index is 14.4. The average molecular weight is 338 g/mol. The van der Waals surface area contributed by atoms with Crippen LogP contribution in [-0.4, -0.2) is 20.6 Å². The van der Waals surface area contributed by atoms with Gasteiger partial charge in [-0.25, -0.2) is 14.2 Å². The summed E-state index contributed by atoms with van der Waals surface area (Å²) in [7, 11) is 0. The highest BCUT2D eigenvalue weighted by atomic mass is 19.1. The molecule has 1 aliphatic rings. The standard InChI is InChI=1S/C20H19FN2O2/c21-16-9-5-4-8-15(16)19-22-17-12-13(20(24)25)10-11-18(17)23(19)14-6-2-1-3-7-14/h4-5,8-12,14H,1-3,6-7H2,(H,24,25). The number of carboxylic acid groups (broad SMARTS) is 1. The van der Waals surface area contributed by atoms with Crippen LogP contribution >= 0.6 is 0 Å². The molecule has 1 saturated carbocycles. The second kappa shape index (κ2) is 6.31. The van der Waals surface area contributed by atoms with E-state index in [1.165, 1.54) is 12.5 Å². The maximum Gasteiger partial charge on any atom is 0.335 e. The molecule has 4 nitrogen and oxygen atoms in total. The summed E-state index contributed by atoms with van der Waals surface area (Å²) in [5.41, 5.74) is 2.13. The van der Waals surface area contributed by atoms with Gasteiger partial charge in [0.25, 0.3) is 0 Å². The van der Waals surface area contributed by atoms with Crippen molar-refractivity contribution < 1.29 is 14.3 Å². The van der Waals surface area contributed by atoms with Crippen LogP contribution in [0.2, 0.25) is 0 Å². The monoisotopic (exact) mass is 338 g/mol. The van der Waals surface area contributed by atoms with Crippen LogP contribution in [0.25, 0.3) is 22.4 Å². The number of aromatic nitrogens is 2. The average Bonchev–Trinajstić information content (AvgIpc) is 3.01. The van der Waals surface area contributed by atoms with Gasteiger partial charge in [0.1, 0.15) is 11.6 Å². The van der Waals surface area contributed by atoms with Crippen LogP contribution in [0.1, 0.15) is 48.5 Å². The molecule has 5 heteroatoms. The van der Waals surface area contributed by atoms with E-state index in [2.05, 4.69) is 9.55 Å². The third kappa shape index (κ3) is 2.80. The molecule has 1 aliphatic carbocycles. The number of aromatic carboxylic acids is 1. The molecule has 0 unspecified atom stereocenters. The first kappa shape index (κ1) is 15.8. The minimum atomic E-state index is -0.985. The molecule has 1 fully saturated rings. The van der Waals surface area contributed by atoms with Crippen LogP contribution in [0.4, 0.5) is 4.39 Å². The lowest BCUT2D eigenvalue weighted by Gasteiger charge is -2.25. The molecule has 25 heavy (non-hydrogen) atoms. The van der Waals surface area contributed by atoms with Crippen LogP contribution in [0.15, 0.2) is 42.5 Å². The van der Waals surface area contributed by atoms with Crippen LogP contribution in [0.5, 0.6) is 0 Å². The molecule has 1 aromatic heterocycles. The van der Waals surface area contributed by atoms with Gasteiger partial charge in [0.05, 0.1) is 22.2 Å². The molecule has 3 aromatic rings. The van der Waals surface area contributed by atoms with E-state index < -0.39 is 5.97 Å². The first-order valence-electron chi connectivity index (χ1n) is 8.65. The molecule has 0 bridgehead atoms. The summed E-state index contributed by atoms with van der Waals surface area (Å²) in [6.07, 6.45) is 5.59.